The summed E-state index contributed by atoms with van der Waals surface area (Å²) in [5.74, 6) is 1.19. The number of guanidine groups is 1. The number of hydrogen-bond acceptors (Lipinski definition) is 5. The fraction of sp³-hybridized carbons (Fsp3) is 0.913. The van der Waals surface area contributed by atoms with Crippen LogP contribution in [-0.2, 0) is 9.47 Å². The fourth-order valence-electron chi connectivity index (χ4n) is 4.12. The second-order valence-electron chi connectivity index (χ2n) is 10.1. The van der Waals surface area contributed by atoms with E-state index in [4.69, 9.17) is 14.5 Å². The topological polar surface area (TPSA) is 78.4 Å². The number of ether oxygens (including phenoxy) is 2. The van der Waals surface area contributed by atoms with Crippen LogP contribution in [0.25, 0.3) is 0 Å². The number of morpholine rings is 1. The predicted octanol–water partition coefficient (Wildman–Crippen LogP) is 2.69. The lowest BCUT2D eigenvalue weighted by atomic mass is 10.0. The maximum Gasteiger partial charge on any atom is 0.407 e. The minimum Gasteiger partial charge on any atom is -0.444 e. The van der Waals surface area contributed by atoms with Crippen molar-refractivity contribution in [3.8, 4) is 0 Å². The maximum atomic E-state index is 12.2. The molecule has 3 unspecified atom stereocenters. The number of alkyl carbamates (subject to hydrolysis) is 1. The summed E-state index contributed by atoms with van der Waals surface area (Å²) in [6, 6.07) is 0.649. The number of carbonyl (C=O) groups excluding carboxylic acids is 1. The van der Waals surface area contributed by atoms with Crippen LogP contribution < -0.4 is 10.6 Å². The molecule has 3 atom stereocenters. The lowest BCUT2D eigenvalue weighted by Gasteiger charge is -2.34. The van der Waals surface area contributed by atoms with Crippen LogP contribution in [0.3, 0.4) is 0 Å². The van der Waals surface area contributed by atoms with E-state index in [0.717, 1.165) is 38.6 Å². The van der Waals surface area contributed by atoms with Gasteiger partial charge in [0.25, 0.3) is 0 Å². The van der Waals surface area contributed by atoms with Crippen molar-refractivity contribution >= 4 is 12.1 Å². The molecule has 180 valence electrons. The zero-order chi connectivity index (χ0) is 23.0. The Hall–Kier alpha value is -1.54. The number of nitrogens with zero attached hydrogens (tertiary/aromatic N) is 3. The third-order valence-electron chi connectivity index (χ3n) is 5.89. The number of rotatable bonds is 8. The molecule has 0 spiro atoms. The molecule has 0 aromatic heterocycles. The lowest BCUT2D eigenvalue weighted by Crippen LogP contribution is -2.48. The van der Waals surface area contributed by atoms with E-state index in [2.05, 4.69) is 41.2 Å². The monoisotopic (exact) mass is 439 g/mol. The van der Waals surface area contributed by atoms with Gasteiger partial charge in [0.15, 0.2) is 5.96 Å². The van der Waals surface area contributed by atoms with Crippen LogP contribution in [0.1, 0.15) is 60.8 Å². The van der Waals surface area contributed by atoms with Crippen molar-refractivity contribution < 1.29 is 14.3 Å². The van der Waals surface area contributed by atoms with Gasteiger partial charge in [-0.3, -0.25) is 9.89 Å². The summed E-state index contributed by atoms with van der Waals surface area (Å²) in [4.78, 5) is 21.7. The zero-order valence-electron chi connectivity index (χ0n) is 20.7. The van der Waals surface area contributed by atoms with Gasteiger partial charge < -0.3 is 25.0 Å². The van der Waals surface area contributed by atoms with Gasteiger partial charge in [0.05, 0.1) is 19.3 Å². The largest absolute Gasteiger partial charge is 0.444 e. The molecule has 8 heteroatoms. The number of amides is 1. The molecule has 0 aromatic rings. The quantitative estimate of drug-likeness (QED) is 0.447. The van der Waals surface area contributed by atoms with Crippen molar-refractivity contribution in [2.45, 2.75) is 84.6 Å². The van der Waals surface area contributed by atoms with Gasteiger partial charge >= 0.3 is 6.09 Å². The van der Waals surface area contributed by atoms with E-state index in [1.165, 1.54) is 19.4 Å². The molecule has 8 nitrogen and oxygen atoms in total. The second kappa shape index (κ2) is 11.9. The van der Waals surface area contributed by atoms with Crippen molar-refractivity contribution in [1.82, 2.24) is 20.4 Å². The van der Waals surface area contributed by atoms with E-state index < -0.39 is 5.60 Å². The molecular formula is C23H45N5O3. The highest BCUT2D eigenvalue weighted by molar-refractivity contribution is 5.79. The van der Waals surface area contributed by atoms with Crippen molar-refractivity contribution in [2.24, 2.45) is 10.9 Å². The van der Waals surface area contributed by atoms with Crippen LogP contribution in [0, 0.1) is 5.92 Å². The van der Waals surface area contributed by atoms with Gasteiger partial charge in [0, 0.05) is 38.8 Å². The Balaban J connectivity index is 1.87. The fourth-order valence-corrected chi connectivity index (χ4v) is 4.12. The molecule has 2 aliphatic rings. The maximum absolute atomic E-state index is 12.2. The van der Waals surface area contributed by atoms with Crippen molar-refractivity contribution in [3.63, 3.8) is 0 Å². The highest BCUT2D eigenvalue weighted by Gasteiger charge is 2.32. The van der Waals surface area contributed by atoms with Crippen LogP contribution in [0.15, 0.2) is 4.99 Å². The molecule has 0 bridgehead atoms. The van der Waals surface area contributed by atoms with Gasteiger partial charge in [-0.25, -0.2) is 4.79 Å². The van der Waals surface area contributed by atoms with Crippen LogP contribution in [0.5, 0.6) is 0 Å². The van der Waals surface area contributed by atoms with E-state index in [1.54, 1.807) is 0 Å². The summed E-state index contributed by atoms with van der Waals surface area (Å²) >= 11 is 0. The molecule has 0 aromatic carbocycles. The average molecular weight is 440 g/mol. The van der Waals surface area contributed by atoms with Crippen molar-refractivity contribution in [3.05, 3.63) is 0 Å². The summed E-state index contributed by atoms with van der Waals surface area (Å²) in [5.41, 5.74) is -0.496. The Kier molecular flexibility index (Phi) is 9.88. The van der Waals surface area contributed by atoms with Gasteiger partial charge in [-0.2, -0.15) is 0 Å². The van der Waals surface area contributed by atoms with Crippen molar-refractivity contribution in [1.29, 1.82) is 0 Å². The molecule has 2 aliphatic heterocycles. The summed E-state index contributed by atoms with van der Waals surface area (Å²) in [6.45, 7) is 17.2. The van der Waals surface area contributed by atoms with Gasteiger partial charge in [-0.1, -0.05) is 13.8 Å². The summed E-state index contributed by atoms with van der Waals surface area (Å²) in [5, 5.41) is 6.42. The predicted molar refractivity (Wildman–Crippen MR) is 126 cm³/mol. The summed E-state index contributed by atoms with van der Waals surface area (Å²) in [6.07, 6.45) is 3.16. The van der Waals surface area contributed by atoms with Gasteiger partial charge in [0.2, 0.25) is 0 Å². The van der Waals surface area contributed by atoms with Crippen LogP contribution >= 0.6 is 0 Å². The first-order valence-electron chi connectivity index (χ1n) is 11.9. The molecule has 0 aliphatic carbocycles. The molecule has 2 heterocycles. The number of aliphatic imine (C=N–C) groups is 1. The molecule has 31 heavy (non-hydrogen) atoms. The third-order valence-corrected chi connectivity index (χ3v) is 5.89. The van der Waals surface area contributed by atoms with Crippen LogP contribution in [-0.4, -0.2) is 92.0 Å². The Morgan fingerprint density at radius 2 is 2.10 bits per heavy atom. The first-order chi connectivity index (χ1) is 14.6. The Labute approximate surface area is 189 Å². The molecular weight excluding hydrogens is 394 g/mol. The Bertz CT molecular complexity index is 590. The first-order valence-corrected chi connectivity index (χ1v) is 11.9. The Morgan fingerprint density at radius 3 is 2.74 bits per heavy atom. The summed E-state index contributed by atoms with van der Waals surface area (Å²) < 4.78 is 11.5. The summed E-state index contributed by atoms with van der Waals surface area (Å²) in [7, 11) is 2.05. The van der Waals surface area contributed by atoms with Gasteiger partial charge in [0.1, 0.15) is 5.60 Å². The normalized spacial score (nSPS) is 23.4. The standard InChI is InChI=1S/C23H45N5O3/c1-8-24-21(25-14-19-15-28-12-9-10-18(28)16-30-19)27(7)13-11-20(17(2)3)26-22(29)31-23(4,5)6/h17-20H,8-16H2,1-7H3,(H,24,25)(H,26,29). The van der Waals surface area contributed by atoms with Crippen LogP contribution in [0.2, 0.25) is 0 Å². The zero-order valence-corrected chi connectivity index (χ0v) is 20.7. The number of carbonyl (C=O) groups is 1. The van der Waals surface area contributed by atoms with Gasteiger partial charge in [-0.15, -0.1) is 0 Å². The first kappa shape index (κ1) is 25.7. The lowest BCUT2D eigenvalue weighted by molar-refractivity contribution is -0.0432. The van der Waals surface area contributed by atoms with E-state index in [9.17, 15) is 4.79 Å². The third kappa shape index (κ3) is 8.85. The highest BCUT2D eigenvalue weighted by Crippen LogP contribution is 2.22. The molecule has 2 N–H and O–H groups in total. The second-order valence-corrected chi connectivity index (χ2v) is 10.1. The SMILES string of the molecule is CCNC(=NCC1CN2CCCC2CO1)N(C)CCC(NC(=O)OC(C)(C)C)C(C)C. The minimum atomic E-state index is -0.496. The number of hydrogen-bond donors (Lipinski definition) is 2. The highest BCUT2D eigenvalue weighted by atomic mass is 16.6. The van der Waals surface area contributed by atoms with Gasteiger partial charge in [-0.05, 0) is 59.4 Å². The molecule has 2 saturated heterocycles. The van der Waals surface area contributed by atoms with E-state index >= 15 is 0 Å². The number of fused-ring (bicyclic) bond motifs is 1. The average Bonchev–Trinajstić information content (AvgIpc) is 3.14. The molecule has 0 radical (unpaired) electrons. The smallest absolute Gasteiger partial charge is 0.407 e. The molecule has 2 fully saturated rings. The Morgan fingerprint density at radius 1 is 1.35 bits per heavy atom. The number of nitrogens with one attached hydrogen (secondary N) is 2. The minimum absolute atomic E-state index is 0.0361. The molecule has 2 rings (SSSR count). The molecule has 0 saturated carbocycles. The van der Waals surface area contributed by atoms with E-state index in [-0.39, 0.29) is 18.2 Å². The van der Waals surface area contributed by atoms with E-state index in [1.807, 2.05) is 27.8 Å². The van der Waals surface area contributed by atoms with Crippen LogP contribution in [0.4, 0.5) is 4.79 Å². The molecule has 1 amide bonds. The van der Waals surface area contributed by atoms with E-state index in [0.29, 0.717) is 18.5 Å². The van der Waals surface area contributed by atoms with Crippen molar-refractivity contribution in [2.75, 3.05) is 46.4 Å².